The van der Waals surface area contributed by atoms with E-state index in [0.29, 0.717) is 25.2 Å². The molecule has 0 aromatic heterocycles. The molecule has 2 aromatic rings. The van der Waals surface area contributed by atoms with E-state index in [1.54, 1.807) is 18.2 Å². The van der Waals surface area contributed by atoms with Crippen molar-refractivity contribution in [2.45, 2.75) is 0 Å². The van der Waals surface area contributed by atoms with Gasteiger partial charge in [-0.05, 0) is 68.3 Å². The van der Waals surface area contributed by atoms with E-state index >= 15 is 0 Å². The van der Waals surface area contributed by atoms with Gasteiger partial charge in [0.25, 0.3) is 5.91 Å². The van der Waals surface area contributed by atoms with E-state index in [0.717, 1.165) is 0 Å². The Balaban J connectivity index is 2.33. The fraction of sp³-hybridized carbons (Fsp3) is 0. The summed E-state index contributed by atoms with van der Waals surface area (Å²) in [4.78, 5) is 23.2. The minimum absolute atomic E-state index is 0.0821. The van der Waals surface area contributed by atoms with Gasteiger partial charge in [0.15, 0.2) is 0 Å². The summed E-state index contributed by atoms with van der Waals surface area (Å²) < 4.78 is 1.17. The van der Waals surface area contributed by atoms with E-state index in [9.17, 15) is 9.59 Å². The number of carbonyl (C=O) groups is 2. The van der Waals surface area contributed by atoms with Gasteiger partial charge in [-0.1, -0.05) is 11.6 Å². The molecular weight excluding hydrogens is 425 g/mol. The lowest BCUT2D eigenvalue weighted by Gasteiger charge is -2.10. The SMILES string of the molecule is O=C(O)c1ccc(Br)c(NC(=O)c2cc(Cl)ccc2Br)c1. The third-order valence-electron chi connectivity index (χ3n) is 2.63. The van der Waals surface area contributed by atoms with E-state index in [2.05, 4.69) is 37.2 Å². The summed E-state index contributed by atoms with van der Waals surface area (Å²) in [5, 5.41) is 12.1. The predicted octanol–water partition coefficient (Wildman–Crippen LogP) is 4.82. The van der Waals surface area contributed by atoms with E-state index in [1.165, 1.54) is 18.2 Å². The maximum absolute atomic E-state index is 12.3. The average molecular weight is 433 g/mol. The van der Waals surface area contributed by atoms with E-state index in [1.807, 2.05) is 0 Å². The number of nitrogens with one attached hydrogen (secondary N) is 1. The van der Waals surface area contributed by atoms with Crippen molar-refractivity contribution in [1.82, 2.24) is 0 Å². The van der Waals surface area contributed by atoms with Crippen LogP contribution in [0.15, 0.2) is 45.3 Å². The van der Waals surface area contributed by atoms with Gasteiger partial charge < -0.3 is 10.4 Å². The van der Waals surface area contributed by atoms with Crippen LogP contribution in [0.2, 0.25) is 5.02 Å². The molecule has 0 aliphatic carbocycles. The zero-order valence-electron chi connectivity index (χ0n) is 10.4. The summed E-state index contributed by atoms with van der Waals surface area (Å²) in [6, 6.07) is 9.23. The maximum atomic E-state index is 12.3. The van der Waals surface area contributed by atoms with Crippen LogP contribution >= 0.6 is 43.5 Å². The van der Waals surface area contributed by atoms with Crippen LogP contribution in [0.25, 0.3) is 0 Å². The average Bonchev–Trinajstić information content (AvgIpc) is 2.43. The molecule has 0 radical (unpaired) electrons. The fourth-order valence-electron chi connectivity index (χ4n) is 1.62. The van der Waals surface area contributed by atoms with Gasteiger partial charge in [0, 0.05) is 14.0 Å². The zero-order valence-corrected chi connectivity index (χ0v) is 14.3. The lowest BCUT2D eigenvalue weighted by molar-refractivity contribution is 0.0696. The van der Waals surface area contributed by atoms with Crippen molar-refractivity contribution >= 4 is 61.0 Å². The van der Waals surface area contributed by atoms with E-state index < -0.39 is 11.9 Å². The third kappa shape index (κ3) is 3.84. The van der Waals surface area contributed by atoms with Gasteiger partial charge in [0.1, 0.15) is 0 Å². The molecule has 0 aliphatic rings. The smallest absolute Gasteiger partial charge is 0.335 e. The van der Waals surface area contributed by atoms with Crippen molar-refractivity contribution in [2.24, 2.45) is 0 Å². The Hall–Kier alpha value is -1.37. The summed E-state index contributed by atoms with van der Waals surface area (Å²) in [5.41, 5.74) is 0.806. The minimum Gasteiger partial charge on any atom is -0.478 e. The number of hydrogen-bond acceptors (Lipinski definition) is 2. The van der Waals surface area contributed by atoms with Crippen molar-refractivity contribution in [2.75, 3.05) is 5.32 Å². The standard InChI is InChI=1S/C14H8Br2ClNO3/c15-10-4-2-8(17)6-9(10)13(19)18-12-5-7(14(20)21)1-3-11(12)16/h1-6H,(H,18,19)(H,20,21). The second kappa shape index (κ2) is 6.60. The number of carboxylic acids is 1. The number of benzene rings is 2. The monoisotopic (exact) mass is 431 g/mol. The van der Waals surface area contributed by atoms with Gasteiger partial charge in [-0.25, -0.2) is 4.79 Å². The van der Waals surface area contributed by atoms with Crippen molar-refractivity contribution in [3.63, 3.8) is 0 Å². The van der Waals surface area contributed by atoms with Crippen molar-refractivity contribution < 1.29 is 14.7 Å². The number of amides is 1. The first-order valence-electron chi connectivity index (χ1n) is 5.67. The first kappa shape index (κ1) is 16.0. The van der Waals surface area contributed by atoms with Crippen LogP contribution in [0.4, 0.5) is 5.69 Å². The highest BCUT2D eigenvalue weighted by molar-refractivity contribution is 9.11. The molecule has 0 saturated heterocycles. The molecule has 21 heavy (non-hydrogen) atoms. The zero-order chi connectivity index (χ0) is 15.6. The summed E-state index contributed by atoms with van der Waals surface area (Å²) in [6.45, 7) is 0. The summed E-state index contributed by atoms with van der Waals surface area (Å²) in [5.74, 6) is -1.46. The number of anilines is 1. The Kier molecular flexibility index (Phi) is 5.03. The molecule has 0 fully saturated rings. The van der Waals surface area contributed by atoms with Gasteiger partial charge in [0.2, 0.25) is 0 Å². The van der Waals surface area contributed by atoms with Gasteiger partial charge in [-0.2, -0.15) is 0 Å². The molecule has 7 heteroatoms. The number of aromatic carboxylic acids is 1. The predicted molar refractivity (Wildman–Crippen MR) is 88.2 cm³/mol. The normalized spacial score (nSPS) is 10.2. The second-order valence-corrected chi connectivity index (χ2v) is 6.22. The van der Waals surface area contributed by atoms with Crippen molar-refractivity contribution in [3.05, 3.63) is 61.5 Å². The molecule has 108 valence electrons. The largest absolute Gasteiger partial charge is 0.478 e. The molecule has 2 N–H and O–H groups in total. The van der Waals surface area contributed by atoms with Crippen LogP contribution in [0.3, 0.4) is 0 Å². The Labute approximate surface area is 142 Å². The van der Waals surface area contributed by atoms with Gasteiger partial charge in [-0.3, -0.25) is 4.79 Å². The molecule has 0 spiro atoms. The summed E-state index contributed by atoms with van der Waals surface area (Å²) in [7, 11) is 0. The highest BCUT2D eigenvalue weighted by Crippen LogP contribution is 2.26. The number of rotatable bonds is 3. The van der Waals surface area contributed by atoms with Crippen LogP contribution in [-0.4, -0.2) is 17.0 Å². The van der Waals surface area contributed by atoms with Crippen molar-refractivity contribution in [3.8, 4) is 0 Å². The van der Waals surface area contributed by atoms with Crippen LogP contribution in [0, 0.1) is 0 Å². The topological polar surface area (TPSA) is 66.4 Å². The van der Waals surface area contributed by atoms with Gasteiger partial charge in [0.05, 0.1) is 16.8 Å². The molecular formula is C14H8Br2ClNO3. The van der Waals surface area contributed by atoms with Crippen LogP contribution in [-0.2, 0) is 0 Å². The number of hydrogen-bond donors (Lipinski definition) is 2. The molecule has 2 rings (SSSR count). The molecule has 0 aliphatic heterocycles. The van der Waals surface area contributed by atoms with Crippen molar-refractivity contribution in [1.29, 1.82) is 0 Å². The second-order valence-electron chi connectivity index (χ2n) is 4.08. The lowest BCUT2D eigenvalue weighted by Crippen LogP contribution is -2.13. The molecule has 0 saturated carbocycles. The maximum Gasteiger partial charge on any atom is 0.335 e. The molecule has 2 aromatic carbocycles. The first-order chi connectivity index (χ1) is 9.88. The number of halogens is 3. The highest BCUT2D eigenvalue weighted by Gasteiger charge is 2.14. The molecule has 0 atom stereocenters. The number of carbonyl (C=O) groups excluding carboxylic acids is 1. The molecule has 0 unspecified atom stereocenters. The van der Waals surface area contributed by atoms with Crippen LogP contribution in [0.5, 0.6) is 0 Å². The first-order valence-corrected chi connectivity index (χ1v) is 7.64. The summed E-state index contributed by atoms with van der Waals surface area (Å²) in [6.07, 6.45) is 0. The van der Waals surface area contributed by atoms with Gasteiger partial charge >= 0.3 is 5.97 Å². The molecule has 0 heterocycles. The van der Waals surface area contributed by atoms with E-state index in [4.69, 9.17) is 16.7 Å². The lowest BCUT2D eigenvalue weighted by atomic mass is 10.1. The quantitative estimate of drug-likeness (QED) is 0.730. The van der Waals surface area contributed by atoms with E-state index in [-0.39, 0.29) is 5.56 Å². The Morgan fingerprint density at radius 1 is 1.05 bits per heavy atom. The summed E-state index contributed by atoms with van der Waals surface area (Å²) >= 11 is 12.4. The minimum atomic E-state index is -1.07. The molecule has 1 amide bonds. The highest BCUT2D eigenvalue weighted by atomic mass is 79.9. The van der Waals surface area contributed by atoms with Gasteiger partial charge in [-0.15, -0.1) is 0 Å². The Morgan fingerprint density at radius 2 is 1.71 bits per heavy atom. The molecule has 0 bridgehead atoms. The Bertz CT molecular complexity index is 734. The third-order valence-corrected chi connectivity index (χ3v) is 4.25. The van der Waals surface area contributed by atoms with Crippen LogP contribution in [0.1, 0.15) is 20.7 Å². The fourth-order valence-corrected chi connectivity index (χ4v) is 2.56. The molecule has 4 nitrogen and oxygen atoms in total. The Morgan fingerprint density at radius 3 is 2.38 bits per heavy atom. The van der Waals surface area contributed by atoms with Crippen LogP contribution < -0.4 is 5.32 Å². The number of carboxylic acid groups (broad SMARTS) is 1.